The van der Waals surface area contributed by atoms with Crippen molar-refractivity contribution in [1.82, 2.24) is 14.9 Å². The average Bonchev–Trinajstić information content (AvgIpc) is 3.40. The molecule has 1 atom stereocenters. The summed E-state index contributed by atoms with van der Waals surface area (Å²) in [6.07, 6.45) is 4.08. The van der Waals surface area contributed by atoms with Crippen molar-refractivity contribution < 1.29 is 22.7 Å². The van der Waals surface area contributed by atoms with E-state index in [0.717, 1.165) is 37.0 Å². The zero-order valence-corrected chi connectivity index (χ0v) is 19.1. The van der Waals surface area contributed by atoms with Crippen molar-refractivity contribution in [3.63, 3.8) is 0 Å². The first-order chi connectivity index (χ1) is 14.7. The van der Waals surface area contributed by atoms with Crippen LogP contribution < -0.4 is 5.56 Å². The number of esters is 1. The van der Waals surface area contributed by atoms with E-state index in [1.54, 1.807) is 18.7 Å². The van der Waals surface area contributed by atoms with Crippen LogP contribution in [0.1, 0.15) is 53.2 Å². The van der Waals surface area contributed by atoms with Gasteiger partial charge in [-0.25, -0.2) is 18.2 Å². The van der Waals surface area contributed by atoms with Gasteiger partial charge >= 0.3 is 5.97 Å². The maximum atomic E-state index is 13.0. The predicted octanol–water partition coefficient (Wildman–Crippen LogP) is 1.72. The molecule has 31 heavy (non-hydrogen) atoms. The number of amides is 1. The van der Waals surface area contributed by atoms with Crippen molar-refractivity contribution in [1.29, 1.82) is 0 Å². The molecule has 1 N–H and O–H groups in total. The molecule has 0 spiro atoms. The number of hydrogen-bond acceptors (Lipinski definition) is 8. The number of thiophene rings is 1. The van der Waals surface area contributed by atoms with Crippen LogP contribution >= 0.6 is 11.3 Å². The molecule has 2 aliphatic rings. The zero-order valence-electron chi connectivity index (χ0n) is 17.5. The Labute approximate surface area is 183 Å². The lowest BCUT2D eigenvalue weighted by Crippen LogP contribution is -2.48. The second kappa shape index (κ2) is 8.34. The summed E-state index contributed by atoms with van der Waals surface area (Å²) in [5, 5.41) is 0.345. The molecule has 3 heterocycles. The number of fused-ring (bicyclic) bond motifs is 1. The molecule has 11 heteroatoms. The molecule has 0 unspecified atom stereocenters. The maximum Gasteiger partial charge on any atom is 0.349 e. The summed E-state index contributed by atoms with van der Waals surface area (Å²) >= 11 is 1.06. The van der Waals surface area contributed by atoms with Gasteiger partial charge < -0.3 is 14.6 Å². The van der Waals surface area contributed by atoms with E-state index in [4.69, 9.17) is 4.74 Å². The van der Waals surface area contributed by atoms with Gasteiger partial charge in [0, 0.05) is 12.1 Å². The van der Waals surface area contributed by atoms with Crippen LogP contribution in [0.4, 0.5) is 0 Å². The molecule has 0 radical (unpaired) electrons. The highest BCUT2D eigenvalue weighted by Gasteiger charge is 2.39. The zero-order chi connectivity index (χ0) is 22.3. The van der Waals surface area contributed by atoms with Gasteiger partial charge in [0.2, 0.25) is 0 Å². The summed E-state index contributed by atoms with van der Waals surface area (Å²) in [6, 6.07) is -0.377. The third-order valence-electron chi connectivity index (χ3n) is 6.04. The van der Waals surface area contributed by atoms with E-state index in [1.807, 2.05) is 0 Å². The summed E-state index contributed by atoms with van der Waals surface area (Å²) < 4.78 is 29.2. The lowest BCUT2D eigenvalue weighted by molar-refractivity contribution is -0.139. The largest absolute Gasteiger partial charge is 0.451 e. The minimum atomic E-state index is -3.15. The first-order valence-electron chi connectivity index (χ1n) is 10.3. The van der Waals surface area contributed by atoms with E-state index in [0.29, 0.717) is 28.0 Å². The molecule has 168 valence electrons. The number of aromatic amines is 1. The van der Waals surface area contributed by atoms with Crippen LogP contribution in [-0.2, 0) is 19.4 Å². The van der Waals surface area contributed by atoms with Gasteiger partial charge in [0.25, 0.3) is 11.5 Å². The third-order valence-corrected chi connectivity index (χ3v) is 8.96. The summed E-state index contributed by atoms with van der Waals surface area (Å²) in [6.45, 7) is 2.85. The Morgan fingerprint density at radius 1 is 1.19 bits per heavy atom. The van der Waals surface area contributed by atoms with E-state index in [-0.39, 0.29) is 39.9 Å². The topological polar surface area (TPSA) is 126 Å². The molecule has 1 aliphatic heterocycles. The number of carbonyl (C=O) groups is 2. The second-order valence-electron chi connectivity index (χ2n) is 8.26. The number of sulfone groups is 1. The number of rotatable bonds is 5. The second-order valence-corrected chi connectivity index (χ2v) is 11.5. The lowest BCUT2D eigenvalue weighted by Gasteiger charge is -2.33. The SMILES string of the molecule is Cc1nc2sc(C(=O)OCC(=O)N(C3CCCC3)[C@H]3CCS(=O)(=O)C3)c(C)c2c(=O)[nH]1. The molecule has 0 aromatic carbocycles. The van der Waals surface area contributed by atoms with Gasteiger partial charge in [0.05, 0.1) is 16.9 Å². The number of H-pyrrole nitrogens is 1. The lowest BCUT2D eigenvalue weighted by atomic mass is 10.1. The van der Waals surface area contributed by atoms with E-state index in [1.165, 1.54) is 0 Å². The fraction of sp³-hybridized carbons (Fsp3) is 0.600. The molecular weight excluding hydrogens is 442 g/mol. The Morgan fingerprint density at radius 2 is 1.90 bits per heavy atom. The smallest absolute Gasteiger partial charge is 0.349 e. The number of carbonyl (C=O) groups excluding carboxylic acids is 2. The number of nitrogens with one attached hydrogen (secondary N) is 1. The van der Waals surface area contributed by atoms with Crippen LogP contribution in [0, 0.1) is 13.8 Å². The molecule has 1 aliphatic carbocycles. The Hall–Kier alpha value is -2.27. The highest BCUT2D eigenvalue weighted by molar-refractivity contribution is 7.91. The Balaban J connectivity index is 1.50. The van der Waals surface area contributed by atoms with E-state index < -0.39 is 22.4 Å². The Bertz CT molecular complexity index is 1190. The van der Waals surface area contributed by atoms with Gasteiger partial charge in [0.15, 0.2) is 16.4 Å². The standard InChI is InChI=1S/C20H25N3O6S2/c1-11-16-18(25)21-12(2)22-19(16)30-17(11)20(26)29-9-15(24)23(13-5-3-4-6-13)14-7-8-31(27,28)10-14/h13-14H,3-10H2,1-2H3,(H,21,22,25)/t14-/m0/s1. The maximum absolute atomic E-state index is 13.0. The fourth-order valence-electron chi connectivity index (χ4n) is 4.60. The average molecular weight is 468 g/mol. The Kier molecular flexibility index (Phi) is 5.91. The van der Waals surface area contributed by atoms with Gasteiger partial charge in [-0.15, -0.1) is 11.3 Å². The van der Waals surface area contributed by atoms with Crippen LogP contribution in [-0.4, -0.2) is 65.4 Å². The fourth-order valence-corrected chi connectivity index (χ4v) is 7.43. The normalized spacial score (nSPS) is 20.9. The highest BCUT2D eigenvalue weighted by atomic mass is 32.2. The number of aromatic nitrogens is 2. The van der Waals surface area contributed by atoms with Crippen molar-refractivity contribution in [3.8, 4) is 0 Å². The van der Waals surface area contributed by atoms with Crippen LogP contribution in [0.25, 0.3) is 10.2 Å². The summed E-state index contributed by atoms with van der Waals surface area (Å²) in [4.78, 5) is 47.1. The molecule has 2 fully saturated rings. The number of aryl methyl sites for hydroxylation is 2. The first-order valence-corrected chi connectivity index (χ1v) is 13.0. The van der Waals surface area contributed by atoms with Gasteiger partial charge in [-0.1, -0.05) is 12.8 Å². The predicted molar refractivity (Wildman–Crippen MR) is 116 cm³/mol. The van der Waals surface area contributed by atoms with Crippen molar-refractivity contribution in [2.45, 2.75) is 58.0 Å². The molecular formula is C20H25N3O6S2. The van der Waals surface area contributed by atoms with Gasteiger partial charge in [0.1, 0.15) is 15.5 Å². The quantitative estimate of drug-likeness (QED) is 0.663. The first kappa shape index (κ1) is 21.9. The summed E-state index contributed by atoms with van der Waals surface area (Å²) in [7, 11) is -3.15. The van der Waals surface area contributed by atoms with E-state index in [2.05, 4.69) is 9.97 Å². The number of nitrogens with zero attached hydrogens (tertiary/aromatic N) is 2. The van der Waals surface area contributed by atoms with Crippen LogP contribution in [0.5, 0.6) is 0 Å². The van der Waals surface area contributed by atoms with Crippen LogP contribution in [0.15, 0.2) is 4.79 Å². The molecule has 1 saturated heterocycles. The van der Waals surface area contributed by atoms with Crippen LogP contribution in [0.3, 0.4) is 0 Å². The monoisotopic (exact) mass is 467 g/mol. The van der Waals surface area contributed by atoms with Crippen molar-refractivity contribution in [3.05, 3.63) is 26.6 Å². The number of hydrogen-bond donors (Lipinski definition) is 1. The molecule has 2 aromatic rings. The molecule has 9 nitrogen and oxygen atoms in total. The van der Waals surface area contributed by atoms with Gasteiger partial charge in [-0.3, -0.25) is 9.59 Å². The van der Waals surface area contributed by atoms with Crippen molar-refractivity contribution in [2.24, 2.45) is 0 Å². The molecule has 1 saturated carbocycles. The third kappa shape index (κ3) is 4.38. The molecule has 2 aromatic heterocycles. The Morgan fingerprint density at radius 3 is 2.55 bits per heavy atom. The summed E-state index contributed by atoms with van der Waals surface area (Å²) in [5.41, 5.74) is 0.155. The minimum Gasteiger partial charge on any atom is -0.451 e. The molecule has 0 bridgehead atoms. The van der Waals surface area contributed by atoms with E-state index >= 15 is 0 Å². The van der Waals surface area contributed by atoms with Crippen molar-refractivity contribution in [2.75, 3.05) is 18.1 Å². The minimum absolute atomic E-state index is 0.0127. The number of ether oxygens (including phenoxy) is 1. The molecule has 4 rings (SSSR count). The van der Waals surface area contributed by atoms with Gasteiger partial charge in [-0.2, -0.15) is 0 Å². The van der Waals surface area contributed by atoms with Crippen LogP contribution in [0.2, 0.25) is 0 Å². The van der Waals surface area contributed by atoms with E-state index in [9.17, 15) is 22.8 Å². The van der Waals surface area contributed by atoms with Crippen molar-refractivity contribution >= 4 is 43.3 Å². The van der Waals surface area contributed by atoms with Gasteiger partial charge in [-0.05, 0) is 38.7 Å². The summed E-state index contributed by atoms with van der Waals surface area (Å²) in [5.74, 6) is -0.556. The highest BCUT2D eigenvalue weighted by Crippen LogP contribution is 2.30. The molecule has 1 amide bonds.